The summed E-state index contributed by atoms with van der Waals surface area (Å²) in [6.07, 6.45) is 3.12. The maximum absolute atomic E-state index is 12.0. The summed E-state index contributed by atoms with van der Waals surface area (Å²) in [5.41, 5.74) is 0. The molecule has 0 spiro atoms. The lowest BCUT2D eigenvalue weighted by Crippen LogP contribution is -2.44. The Kier molecular flexibility index (Phi) is 3.51. The summed E-state index contributed by atoms with van der Waals surface area (Å²) in [5.74, 6) is -0.924. The molecule has 96 valence electrons. The van der Waals surface area contributed by atoms with Crippen LogP contribution in [0.3, 0.4) is 0 Å². The summed E-state index contributed by atoms with van der Waals surface area (Å²) >= 11 is 0. The number of urea groups is 1. The van der Waals surface area contributed by atoms with Gasteiger partial charge in [-0.15, -0.1) is 0 Å². The smallest absolute Gasteiger partial charge is 0.345 e. The molecule has 1 N–H and O–H groups in total. The zero-order valence-corrected chi connectivity index (χ0v) is 9.96. The first kappa shape index (κ1) is 12.2. The number of hydrogen-bond acceptors (Lipinski definition) is 3. The third-order valence-corrected chi connectivity index (χ3v) is 3.34. The normalized spacial score (nSPS) is 27.7. The SMILES string of the molecule is CCCCON1C(=O)N2C[C@@H]1CC[C@@H]2C(=O)O. The minimum absolute atomic E-state index is 0.0231. The van der Waals surface area contributed by atoms with Gasteiger partial charge in [0.25, 0.3) is 0 Å². The van der Waals surface area contributed by atoms with Crippen LogP contribution in [-0.4, -0.2) is 52.3 Å². The van der Waals surface area contributed by atoms with Crippen molar-refractivity contribution in [1.82, 2.24) is 9.96 Å². The van der Waals surface area contributed by atoms with Crippen molar-refractivity contribution >= 4 is 12.0 Å². The first-order valence-electron chi connectivity index (χ1n) is 6.10. The average Bonchev–Trinajstić information content (AvgIpc) is 2.54. The van der Waals surface area contributed by atoms with Gasteiger partial charge >= 0.3 is 12.0 Å². The van der Waals surface area contributed by atoms with Crippen LogP contribution >= 0.6 is 0 Å². The molecule has 2 bridgehead atoms. The van der Waals surface area contributed by atoms with Crippen molar-refractivity contribution in [1.29, 1.82) is 0 Å². The molecule has 0 aromatic carbocycles. The third kappa shape index (κ3) is 2.22. The molecule has 2 atom stereocenters. The van der Waals surface area contributed by atoms with Gasteiger partial charge in [-0.05, 0) is 19.3 Å². The molecule has 0 aromatic heterocycles. The quantitative estimate of drug-likeness (QED) is 0.732. The lowest BCUT2D eigenvalue weighted by molar-refractivity contribution is -0.142. The third-order valence-electron chi connectivity index (χ3n) is 3.34. The number of hydrogen-bond donors (Lipinski definition) is 1. The zero-order valence-electron chi connectivity index (χ0n) is 9.96. The van der Waals surface area contributed by atoms with E-state index in [2.05, 4.69) is 6.92 Å². The summed E-state index contributed by atoms with van der Waals surface area (Å²) in [6.45, 7) is 3.05. The number of unbranched alkanes of at least 4 members (excludes halogenated alkanes) is 1. The Balaban J connectivity index is 1.99. The van der Waals surface area contributed by atoms with Crippen LogP contribution in [-0.2, 0) is 9.63 Å². The number of carbonyl (C=O) groups is 2. The number of rotatable bonds is 5. The summed E-state index contributed by atoms with van der Waals surface area (Å²) in [4.78, 5) is 29.8. The molecule has 0 saturated carbocycles. The Labute approximate surface area is 100 Å². The number of carboxylic acids is 1. The number of piperidine rings is 1. The predicted octanol–water partition coefficient (Wildman–Crippen LogP) is 1.07. The van der Waals surface area contributed by atoms with E-state index in [4.69, 9.17) is 9.94 Å². The maximum Gasteiger partial charge on any atom is 0.345 e. The van der Waals surface area contributed by atoms with Gasteiger partial charge in [-0.2, -0.15) is 5.06 Å². The lowest BCUT2D eigenvalue weighted by atomic mass is 10.0. The number of hydroxylamine groups is 2. The highest BCUT2D eigenvalue weighted by molar-refractivity contribution is 5.84. The predicted molar refractivity (Wildman–Crippen MR) is 59.2 cm³/mol. The largest absolute Gasteiger partial charge is 0.480 e. The topological polar surface area (TPSA) is 70.1 Å². The molecule has 0 unspecified atom stereocenters. The fourth-order valence-corrected chi connectivity index (χ4v) is 2.36. The molecule has 17 heavy (non-hydrogen) atoms. The van der Waals surface area contributed by atoms with Crippen LogP contribution in [0.5, 0.6) is 0 Å². The molecule has 0 radical (unpaired) electrons. The summed E-state index contributed by atoms with van der Waals surface area (Å²) in [6, 6.07) is -0.954. The Morgan fingerprint density at radius 1 is 1.53 bits per heavy atom. The van der Waals surface area contributed by atoms with Crippen LogP contribution in [0.2, 0.25) is 0 Å². The van der Waals surface area contributed by atoms with Crippen molar-refractivity contribution in [2.24, 2.45) is 0 Å². The lowest BCUT2D eigenvalue weighted by Gasteiger charge is -2.26. The summed E-state index contributed by atoms with van der Waals surface area (Å²) in [5, 5.41) is 10.4. The number of aliphatic carboxylic acids is 1. The Bertz CT molecular complexity index is 321. The zero-order chi connectivity index (χ0) is 12.4. The average molecular weight is 242 g/mol. The monoisotopic (exact) mass is 242 g/mol. The number of amides is 2. The molecule has 6 heteroatoms. The van der Waals surface area contributed by atoms with Crippen molar-refractivity contribution in [3.05, 3.63) is 0 Å². The molecule has 2 saturated heterocycles. The minimum atomic E-state index is -0.924. The van der Waals surface area contributed by atoms with Crippen LogP contribution in [0.15, 0.2) is 0 Å². The molecule has 2 aliphatic rings. The van der Waals surface area contributed by atoms with Gasteiger partial charge in [0.2, 0.25) is 0 Å². The highest BCUT2D eigenvalue weighted by atomic mass is 16.7. The van der Waals surface area contributed by atoms with E-state index in [1.54, 1.807) is 0 Å². The number of carboxylic acid groups (broad SMARTS) is 1. The van der Waals surface area contributed by atoms with E-state index in [-0.39, 0.29) is 12.1 Å². The molecule has 6 nitrogen and oxygen atoms in total. The second kappa shape index (κ2) is 4.91. The second-order valence-electron chi connectivity index (χ2n) is 4.53. The van der Waals surface area contributed by atoms with Gasteiger partial charge in [0.15, 0.2) is 0 Å². The molecular formula is C11H18N2O4. The van der Waals surface area contributed by atoms with E-state index in [1.165, 1.54) is 9.96 Å². The van der Waals surface area contributed by atoms with E-state index in [9.17, 15) is 9.59 Å². The second-order valence-corrected chi connectivity index (χ2v) is 4.53. The van der Waals surface area contributed by atoms with Crippen LogP contribution in [0.25, 0.3) is 0 Å². The van der Waals surface area contributed by atoms with E-state index in [0.29, 0.717) is 26.0 Å². The van der Waals surface area contributed by atoms with E-state index < -0.39 is 12.0 Å². The molecule has 2 rings (SSSR count). The minimum Gasteiger partial charge on any atom is -0.480 e. The molecule has 2 aliphatic heterocycles. The van der Waals surface area contributed by atoms with Gasteiger partial charge in [0.1, 0.15) is 6.04 Å². The maximum atomic E-state index is 12.0. The first-order valence-corrected chi connectivity index (χ1v) is 6.10. The fraction of sp³-hybridized carbons (Fsp3) is 0.818. The molecule has 2 heterocycles. The van der Waals surface area contributed by atoms with Crippen molar-refractivity contribution in [3.63, 3.8) is 0 Å². The van der Waals surface area contributed by atoms with Crippen LogP contribution in [0.1, 0.15) is 32.6 Å². The molecule has 2 amide bonds. The van der Waals surface area contributed by atoms with Crippen molar-refractivity contribution in [2.75, 3.05) is 13.2 Å². The first-order chi connectivity index (χ1) is 8.15. The standard InChI is InChI=1S/C11H18N2O4/c1-2-3-6-17-13-8-4-5-9(10(14)15)12(7-8)11(13)16/h8-9H,2-7H2,1H3,(H,14,15)/t8-,9+/m0/s1. The Hall–Kier alpha value is -1.30. The van der Waals surface area contributed by atoms with Crippen molar-refractivity contribution < 1.29 is 19.5 Å². The molecule has 2 fully saturated rings. The van der Waals surface area contributed by atoms with Gasteiger partial charge < -0.3 is 10.0 Å². The molecule has 0 aromatic rings. The fourth-order valence-electron chi connectivity index (χ4n) is 2.36. The number of fused-ring (bicyclic) bond motifs is 2. The van der Waals surface area contributed by atoms with Crippen molar-refractivity contribution in [3.8, 4) is 0 Å². The highest BCUT2D eigenvalue weighted by Gasteiger charge is 2.47. The number of nitrogens with zero attached hydrogens (tertiary/aromatic N) is 2. The van der Waals surface area contributed by atoms with Gasteiger partial charge in [-0.25, -0.2) is 9.59 Å². The van der Waals surface area contributed by atoms with Gasteiger partial charge in [0, 0.05) is 6.54 Å². The van der Waals surface area contributed by atoms with Crippen LogP contribution in [0, 0.1) is 0 Å². The molecule has 0 aliphatic carbocycles. The highest BCUT2D eigenvalue weighted by Crippen LogP contribution is 2.30. The van der Waals surface area contributed by atoms with E-state index >= 15 is 0 Å². The summed E-state index contributed by atoms with van der Waals surface area (Å²) in [7, 11) is 0. The van der Waals surface area contributed by atoms with Gasteiger partial charge in [-0.3, -0.25) is 4.84 Å². The summed E-state index contributed by atoms with van der Waals surface area (Å²) < 4.78 is 0. The van der Waals surface area contributed by atoms with E-state index in [0.717, 1.165) is 12.8 Å². The van der Waals surface area contributed by atoms with E-state index in [1.807, 2.05) is 0 Å². The van der Waals surface area contributed by atoms with Gasteiger partial charge in [-0.1, -0.05) is 13.3 Å². The Morgan fingerprint density at radius 3 is 2.94 bits per heavy atom. The number of carbonyl (C=O) groups excluding carboxylic acids is 1. The van der Waals surface area contributed by atoms with Crippen LogP contribution in [0.4, 0.5) is 4.79 Å². The Morgan fingerprint density at radius 2 is 2.29 bits per heavy atom. The van der Waals surface area contributed by atoms with Gasteiger partial charge in [0.05, 0.1) is 12.6 Å². The van der Waals surface area contributed by atoms with Crippen molar-refractivity contribution in [2.45, 2.75) is 44.7 Å². The molecular weight excluding hydrogens is 224 g/mol. The van der Waals surface area contributed by atoms with Crippen LogP contribution < -0.4 is 0 Å².